The van der Waals surface area contributed by atoms with Gasteiger partial charge in [0.1, 0.15) is 0 Å². The summed E-state index contributed by atoms with van der Waals surface area (Å²) >= 11 is 0. The maximum atomic E-state index is 12.0. The molecule has 2 amide bonds. The highest BCUT2D eigenvalue weighted by Gasteiger charge is 2.19. The fraction of sp³-hybridized carbons (Fsp3) is 0.333. The second-order valence-corrected chi connectivity index (χ2v) is 3.36. The Balaban J connectivity index is 2.87. The summed E-state index contributed by atoms with van der Waals surface area (Å²) in [6.45, 7) is 2.27. The number of carbonyl (C=O) groups excluding carboxylic acids is 2. The third kappa shape index (κ3) is 2.90. The molecule has 0 radical (unpaired) electrons. The van der Waals surface area contributed by atoms with Crippen molar-refractivity contribution in [3.05, 3.63) is 35.9 Å². The van der Waals surface area contributed by atoms with E-state index in [0.29, 0.717) is 12.0 Å². The van der Waals surface area contributed by atoms with Gasteiger partial charge in [0, 0.05) is 25.1 Å². The van der Waals surface area contributed by atoms with Gasteiger partial charge in [-0.15, -0.1) is 0 Å². The van der Waals surface area contributed by atoms with Crippen LogP contribution >= 0.6 is 0 Å². The molecule has 0 aromatic heterocycles. The normalized spacial score (nSPS) is 9.88. The highest BCUT2D eigenvalue weighted by molar-refractivity contribution is 6.04. The van der Waals surface area contributed by atoms with Gasteiger partial charge < -0.3 is 5.73 Å². The van der Waals surface area contributed by atoms with Crippen LogP contribution < -0.4 is 5.73 Å². The maximum Gasteiger partial charge on any atom is 0.260 e. The van der Waals surface area contributed by atoms with E-state index in [1.54, 1.807) is 31.2 Å². The van der Waals surface area contributed by atoms with E-state index in [2.05, 4.69) is 0 Å². The second kappa shape index (κ2) is 6.02. The van der Waals surface area contributed by atoms with Gasteiger partial charge in [-0.3, -0.25) is 14.5 Å². The molecule has 0 atom stereocenters. The molecular formula is C12H16N2O2. The number of benzene rings is 1. The highest BCUT2D eigenvalue weighted by Crippen LogP contribution is 2.05. The van der Waals surface area contributed by atoms with Crippen molar-refractivity contribution in [1.82, 2.24) is 4.90 Å². The Morgan fingerprint density at radius 3 is 2.38 bits per heavy atom. The molecule has 0 saturated heterocycles. The smallest absolute Gasteiger partial charge is 0.260 e. The van der Waals surface area contributed by atoms with E-state index in [1.165, 1.54) is 4.90 Å². The van der Waals surface area contributed by atoms with Gasteiger partial charge in [-0.05, 0) is 12.1 Å². The van der Waals surface area contributed by atoms with E-state index in [9.17, 15) is 9.59 Å². The minimum absolute atomic E-state index is 0.195. The summed E-state index contributed by atoms with van der Waals surface area (Å²) in [6, 6.07) is 8.74. The third-order valence-corrected chi connectivity index (χ3v) is 2.22. The first-order valence-electron chi connectivity index (χ1n) is 5.30. The summed E-state index contributed by atoms with van der Waals surface area (Å²) in [4.78, 5) is 24.8. The monoisotopic (exact) mass is 220 g/mol. The molecule has 0 aliphatic heterocycles. The van der Waals surface area contributed by atoms with Crippen molar-refractivity contribution in [2.45, 2.75) is 13.3 Å². The van der Waals surface area contributed by atoms with E-state index in [-0.39, 0.29) is 24.9 Å². The molecule has 0 bridgehead atoms. The molecule has 86 valence electrons. The molecular weight excluding hydrogens is 204 g/mol. The lowest BCUT2D eigenvalue weighted by Gasteiger charge is -2.19. The molecule has 0 saturated carbocycles. The molecule has 0 unspecified atom stereocenters. The van der Waals surface area contributed by atoms with Crippen molar-refractivity contribution in [3.8, 4) is 0 Å². The van der Waals surface area contributed by atoms with Crippen molar-refractivity contribution >= 4 is 11.8 Å². The zero-order valence-electron chi connectivity index (χ0n) is 9.35. The lowest BCUT2D eigenvalue weighted by Crippen LogP contribution is -2.39. The van der Waals surface area contributed by atoms with Crippen LogP contribution in [0.25, 0.3) is 0 Å². The quantitative estimate of drug-likeness (QED) is 0.824. The molecule has 2 N–H and O–H groups in total. The Bertz CT molecular complexity index is 363. The van der Waals surface area contributed by atoms with E-state index >= 15 is 0 Å². The van der Waals surface area contributed by atoms with Gasteiger partial charge in [-0.2, -0.15) is 0 Å². The minimum Gasteiger partial charge on any atom is -0.329 e. The fourth-order valence-electron chi connectivity index (χ4n) is 1.40. The number of carbonyl (C=O) groups is 2. The van der Waals surface area contributed by atoms with Crippen LogP contribution in [0.2, 0.25) is 0 Å². The van der Waals surface area contributed by atoms with Crippen molar-refractivity contribution in [2.24, 2.45) is 5.73 Å². The summed E-state index contributed by atoms with van der Waals surface area (Å²) in [7, 11) is 0. The number of nitrogens with two attached hydrogens (primary N) is 1. The molecule has 16 heavy (non-hydrogen) atoms. The average Bonchev–Trinajstić information content (AvgIpc) is 2.35. The SMILES string of the molecule is CCC(=O)N(CCN)C(=O)c1ccccc1. The maximum absolute atomic E-state index is 12.0. The molecule has 4 heteroatoms. The molecule has 1 aromatic carbocycles. The topological polar surface area (TPSA) is 63.4 Å². The van der Waals surface area contributed by atoms with Gasteiger partial charge in [0.15, 0.2) is 0 Å². The van der Waals surface area contributed by atoms with Crippen LogP contribution in [0.5, 0.6) is 0 Å². The molecule has 1 rings (SSSR count). The lowest BCUT2D eigenvalue weighted by molar-refractivity contribution is -0.128. The zero-order valence-corrected chi connectivity index (χ0v) is 9.35. The van der Waals surface area contributed by atoms with Crippen molar-refractivity contribution in [2.75, 3.05) is 13.1 Å². The summed E-state index contributed by atoms with van der Waals surface area (Å²) in [5.41, 5.74) is 5.90. The van der Waals surface area contributed by atoms with Crippen LogP contribution in [0.15, 0.2) is 30.3 Å². The van der Waals surface area contributed by atoms with Crippen LogP contribution in [-0.4, -0.2) is 29.8 Å². The summed E-state index contributed by atoms with van der Waals surface area (Å²) in [5, 5.41) is 0. The fourth-order valence-corrected chi connectivity index (χ4v) is 1.40. The molecule has 4 nitrogen and oxygen atoms in total. The Kier molecular flexibility index (Phi) is 4.66. The Morgan fingerprint density at radius 1 is 1.25 bits per heavy atom. The number of hydrogen-bond donors (Lipinski definition) is 1. The predicted octanol–water partition coefficient (Wildman–Crippen LogP) is 1.02. The minimum atomic E-state index is -0.280. The lowest BCUT2D eigenvalue weighted by atomic mass is 10.2. The second-order valence-electron chi connectivity index (χ2n) is 3.36. The first kappa shape index (κ1) is 12.4. The van der Waals surface area contributed by atoms with Gasteiger partial charge in [0.25, 0.3) is 5.91 Å². The molecule has 0 fully saturated rings. The van der Waals surface area contributed by atoms with Gasteiger partial charge >= 0.3 is 0 Å². The van der Waals surface area contributed by atoms with Gasteiger partial charge in [-0.25, -0.2) is 0 Å². The first-order valence-corrected chi connectivity index (χ1v) is 5.30. The molecule has 0 spiro atoms. The number of imide groups is 1. The average molecular weight is 220 g/mol. The van der Waals surface area contributed by atoms with Crippen LogP contribution in [-0.2, 0) is 4.79 Å². The van der Waals surface area contributed by atoms with E-state index in [4.69, 9.17) is 5.73 Å². The first-order chi connectivity index (χ1) is 7.70. The largest absolute Gasteiger partial charge is 0.329 e. The summed E-state index contributed by atoms with van der Waals surface area (Å²) in [6.07, 6.45) is 0.304. The van der Waals surface area contributed by atoms with Crippen molar-refractivity contribution < 1.29 is 9.59 Å². The van der Waals surface area contributed by atoms with E-state index in [0.717, 1.165) is 0 Å². The van der Waals surface area contributed by atoms with Crippen LogP contribution in [0.3, 0.4) is 0 Å². The standard InChI is InChI=1S/C12H16N2O2/c1-2-11(15)14(9-8-13)12(16)10-6-4-3-5-7-10/h3-7H,2,8-9,13H2,1H3. The Hall–Kier alpha value is -1.68. The van der Waals surface area contributed by atoms with E-state index in [1.807, 2.05) is 6.07 Å². The molecule has 0 aliphatic carbocycles. The molecule has 0 aliphatic rings. The van der Waals surface area contributed by atoms with Crippen molar-refractivity contribution in [3.63, 3.8) is 0 Å². The van der Waals surface area contributed by atoms with Crippen LogP contribution in [0, 0.1) is 0 Å². The number of hydrogen-bond acceptors (Lipinski definition) is 3. The number of rotatable bonds is 4. The van der Waals surface area contributed by atoms with Gasteiger partial charge in [0.05, 0.1) is 0 Å². The van der Waals surface area contributed by atoms with E-state index < -0.39 is 0 Å². The van der Waals surface area contributed by atoms with Crippen LogP contribution in [0.1, 0.15) is 23.7 Å². The third-order valence-electron chi connectivity index (χ3n) is 2.22. The van der Waals surface area contributed by atoms with Gasteiger partial charge in [0.2, 0.25) is 5.91 Å². The summed E-state index contributed by atoms with van der Waals surface area (Å²) < 4.78 is 0. The predicted molar refractivity (Wildman–Crippen MR) is 61.8 cm³/mol. The molecule has 0 heterocycles. The number of nitrogens with zero attached hydrogens (tertiary/aromatic N) is 1. The highest BCUT2D eigenvalue weighted by atomic mass is 16.2. The Labute approximate surface area is 95.0 Å². The summed E-state index contributed by atoms with van der Waals surface area (Å²) in [5.74, 6) is -0.475. The Morgan fingerprint density at radius 2 is 1.88 bits per heavy atom. The molecule has 1 aromatic rings. The zero-order chi connectivity index (χ0) is 12.0. The van der Waals surface area contributed by atoms with Crippen molar-refractivity contribution in [1.29, 1.82) is 0 Å². The number of amides is 2. The van der Waals surface area contributed by atoms with Gasteiger partial charge in [-0.1, -0.05) is 25.1 Å². The van der Waals surface area contributed by atoms with Crippen LogP contribution in [0.4, 0.5) is 0 Å².